The van der Waals surface area contributed by atoms with Gasteiger partial charge in [0.05, 0.1) is 12.7 Å². The van der Waals surface area contributed by atoms with Crippen LogP contribution in [0.25, 0.3) is 0 Å². The van der Waals surface area contributed by atoms with Gasteiger partial charge in [-0.1, -0.05) is 13.8 Å². The molecule has 20 heavy (non-hydrogen) atoms. The molecule has 0 atom stereocenters. The quantitative estimate of drug-likeness (QED) is 0.747. The smallest absolute Gasteiger partial charge is 0.165 e. The molecule has 1 aliphatic rings. The van der Waals surface area contributed by atoms with Crippen LogP contribution in [0.2, 0.25) is 0 Å². The molecule has 3 heteroatoms. The highest BCUT2D eigenvalue weighted by Crippen LogP contribution is 2.36. The van der Waals surface area contributed by atoms with Crippen molar-refractivity contribution in [3.05, 3.63) is 35.6 Å². The van der Waals surface area contributed by atoms with Crippen LogP contribution in [0.5, 0.6) is 0 Å². The molecule has 0 amide bonds. The van der Waals surface area contributed by atoms with E-state index in [0.717, 1.165) is 12.8 Å². The number of benzene rings is 1. The van der Waals surface area contributed by atoms with Gasteiger partial charge in [0, 0.05) is 12.0 Å². The third-order valence-corrected chi connectivity index (χ3v) is 4.14. The van der Waals surface area contributed by atoms with E-state index in [1.807, 2.05) is 0 Å². The predicted octanol–water partition coefficient (Wildman–Crippen LogP) is 4.38. The minimum atomic E-state index is -0.317. The van der Waals surface area contributed by atoms with Gasteiger partial charge in [0.2, 0.25) is 0 Å². The molecule has 2 rings (SSSR count). The van der Waals surface area contributed by atoms with Gasteiger partial charge in [0.25, 0.3) is 0 Å². The monoisotopic (exact) mass is 278 g/mol. The summed E-state index contributed by atoms with van der Waals surface area (Å²) < 4.78 is 18.6. The Balaban J connectivity index is 1.71. The number of ether oxygens (including phenoxy) is 1. The SMILES string of the molecule is CC1(C)CCC(OCCC(=O)c2ccc(F)cc2)CC1. The van der Waals surface area contributed by atoms with Crippen molar-refractivity contribution >= 4 is 5.78 Å². The number of carbonyl (C=O) groups excluding carboxylic acids is 1. The normalized spacial score (nSPS) is 18.9. The zero-order chi connectivity index (χ0) is 14.6. The zero-order valence-electron chi connectivity index (χ0n) is 12.3. The van der Waals surface area contributed by atoms with E-state index in [0.29, 0.717) is 30.1 Å². The summed E-state index contributed by atoms with van der Waals surface area (Å²) >= 11 is 0. The highest BCUT2D eigenvalue weighted by molar-refractivity contribution is 5.96. The zero-order valence-corrected chi connectivity index (χ0v) is 12.3. The topological polar surface area (TPSA) is 26.3 Å². The molecule has 0 unspecified atom stereocenters. The summed E-state index contributed by atoms with van der Waals surface area (Å²) in [6.45, 7) is 5.05. The molecular formula is C17H23FO2. The minimum absolute atomic E-state index is 0.0149. The van der Waals surface area contributed by atoms with E-state index in [1.165, 1.54) is 37.1 Å². The Morgan fingerprint density at radius 3 is 2.45 bits per heavy atom. The Kier molecular flexibility index (Phi) is 4.92. The number of ketones is 1. The second-order valence-electron chi connectivity index (χ2n) is 6.41. The molecule has 2 nitrogen and oxygen atoms in total. The highest BCUT2D eigenvalue weighted by atomic mass is 19.1. The summed E-state index contributed by atoms with van der Waals surface area (Å²) in [4.78, 5) is 11.9. The van der Waals surface area contributed by atoms with E-state index in [-0.39, 0.29) is 11.6 Å². The second-order valence-corrected chi connectivity index (χ2v) is 6.41. The Morgan fingerprint density at radius 2 is 1.85 bits per heavy atom. The van der Waals surface area contributed by atoms with Crippen LogP contribution in [0.15, 0.2) is 24.3 Å². The van der Waals surface area contributed by atoms with Gasteiger partial charge in [0.1, 0.15) is 5.82 Å². The number of rotatable bonds is 5. The van der Waals surface area contributed by atoms with E-state index in [1.54, 1.807) is 0 Å². The van der Waals surface area contributed by atoms with Crippen molar-refractivity contribution in [2.24, 2.45) is 5.41 Å². The average Bonchev–Trinajstić information content (AvgIpc) is 2.41. The molecule has 1 saturated carbocycles. The largest absolute Gasteiger partial charge is 0.378 e. The third-order valence-electron chi connectivity index (χ3n) is 4.14. The average molecular weight is 278 g/mol. The van der Waals surface area contributed by atoms with Crippen LogP contribution in [-0.4, -0.2) is 18.5 Å². The van der Waals surface area contributed by atoms with Crippen LogP contribution < -0.4 is 0 Å². The summed E-state index contributed by atoms with van der Waals surface area (Å²) in [7, 11) is 0. The molecule has 0 bridgehead atoms. The fourth-order valence-electron chi connectivity index (χ4n) is 2.64. The van der Waals surface area contributed by atoms with Gasteiger partial charge in [0.15, 0.2) is 5.78 Å². The highest BCUT2D eigenvalue weighted by Gasteiger charge is 2.27. The lowest BCUT2D eigenvalue weighted by molar-refractivity contribution is 0.00444. The van der Waals surface area contributed by atoms with E-state index < -0.39 is 0 Å². The number of carbonyl (C=O) groups is 1. The fraction of sp³-hybridized carbons (Fsp3) is 0.588. The van der Waals surface area contributed by atoms with Crippen LogP contribution in [0, 0.1) is 11.2 Å². The van der Waals surface area contributed by atoms with Crippen molar-refractivity contribution in [3.63, 3.8) is 0 Å². The molecule has 0 N–H and O–H groups in total. The molecule has 1 aromatic rings. The maximum Gasteiger partial charge on any atom is 0.165 e. The summed E-state index contributed by atoms with van der Waals surface area (Å²) in [5.74, 6) is -0.302. The molecule has 1 fully saturated rings. The Bertz CT molecular complexity index is 441. The van der Waals surface area contributed by atoms with Gasteiger partial charge in [-0.05, 0) is 55.4 Å². The maximum atomic E-state index is 12.8. The van der Waals surface area contributed by atoms with Gasteiger partial charge >= 0.3 is 0 Å². The van der Waals surface area contributed by atoms with Gasteiger partial charge in [-0.15, -0.1) is 0 Å². The van der Waals surface area contributed by atoms with Crippen molar-refractivity contribution in [3.8, 4) is 0 Å². The molecule has 110 valence electrons. The summed E-state index contributed by atoms with van der Waals surface area (Å²) in [5, 5.41) is 0. The van der Waals surface area contributed by atoms with Crippen molar-refractivity contribution < 1.29 is 13.9 Å². The van der Waals surface area contributed by atoms with Crippen LogP contribution >= 0.6 is 0 Å². The van der Waals surface area contributed by atoms with Crippen LogP contribution in [-0.2, 0) is 4.74 Å². The van der Waals surface area contributed by atoms with Crippen molar-refractivity contribution in [2.75, 3.05) is 6.61 Å². The van der Waals surface area contributed by atoms with Crippen molar-refractivity contribution in [2.45, 2.75) is 52.1 Å². The maximum absolute atomic E-state index is 12.8. The Hall–Kier alpha value is -1.22. The van der Waals surface area contributed by atoms with E-state index in [2.05, 4.69) is 13.8 Å². The predicted molar refractivity (Wildman–Crippen MR) is 77.3 cm³/mol. The lowest BCUT2D eigenvalue weighted by Crippen LogP contribution is -2.27. The number of hydrogen-bond acceptors (Lipinski definition) is 2. The molecule has 0 aromatic heterocycles. The number of halogens is 1. The van der Waals surface area contributed by atoms with Gasteiger partial charge in [-0.25, -0.2) is 4.39 Å². The first-order valence-corrected chi connectivity index (χ1v) is 7.37. The molecule has 0 spiro atoms. The lowest BCUT2D eigenvalue weighted by atomic mass is 9.76. The second kappa shape index (κ2) is 6.49. The molecule has 0 radical (unpaired) electrons. The first-order valence-electron chi connectivity index (χ1n) is 7.37. The first-order chi connectivity index (χ1) is 9.46. The summed E-state index contributed by atoms with van der Waals surface area (Å²) in [6.07, 6.45) is 5.19. The number of Topliss-reactive ketones (excluding diaryl/α,β-unsaturated/α-hetero) is 1. The van der Waals surface area contributed by atoms with Crippen LogP contribution in [0.3, 0.4) is 0 Å². The fourth-order valence-corrected chi connectivity index (χ4v) is 2.64. The third kappa shape index (κ3) is 4.41. The van der Waals surface area contributed by atoms with Gasteiger partial charge in [-0.3, -0.25) is 4.79 Å². The van der Waals surface area contributed by atoms with E-state index in [4.69, 9.17) is 4.74 Å². The Morgan fingerprint density at radius 1 is 1.25 bits per heavy atom. The van der Waals surface area contributed by atoms with Gasteiger partial charge in [-0.2, -0.15) is 0 Å². The van der Waals surface area contributed by atoms with Crippen LogP contribution in [0.1, 0.15) is 56.3 Å². The summed E-state index contributed by atoms with van der Waals surface area (Å²) in [6, 6.07) is 5.69. The number of hydrogen-bond donors (Lipinski definition) is 0. The van der Waals surface area contributed by atoms with Crippen molar-refractivity contribution in [1.82, 2.24) is 0 Å². The standard InChI is InChI=1S/C17H23FO2/c1-17(2)10-7-15(8-11-17)20-12-9-16(19)13-3-5-14(18)6-4-13/h3-6,15H,7-12H2,1-2H3. The molecule has 1 aliphatic carbocycles. The molecule has 0 heterocycles. The summed E-state index contributed by atoms with van der Waals surface area (Å²) in [5.41, 5.74) is 0.990. The lowest BCUT2D eigenvalue weighted by Gasteiger charge is -2.34. The molecular weight excluding hydrogens is 255 g/mol. The molecule has 0 aliphatic heterocycles. The van der Waals surface area contributed by atoms with Crippen LogP contribution in [0.4, 0.5) is 4.39 Å². The molecule has 0 saturated heterocycles. The molecule has 1 aromatic carbocycles. The van der Waals surface area contributed by atoms with E-state index >= 15 is 0 Å². The first kappa shape index (κ1) is 15.2. The van der Waals surface area contributed by atoms with E-state index in [9.17, 15) is 9.18 Å². The Labute approximate surface area is 120 Å². The minimum Gasteiger partial charge on any atom is -0.378 e. The van der Waals surface area contributed by atoms with Crippen molar-refractivity contribution in [1.29, 1.82) is 0 Å². The van der Waals surface area contributed by atoms with Gasteiger partial charge < -0.3 is 4.74 Å².